The summed E-state index contributed by atoms with van der Waals surface area (Å²) < 4.78 is 0. The van der Waals surface area contributed by atoms with Gasteiger partial charge in [-0.1, -0.05) is 0 Å². The molecule has 1 rings (SSSR count). The van der Waals surface area contributed by atoms with Gasteiger partial charge in [0.15, 0.2) is 0 Å². The molecule has 1 aromatic heterocycles. The van der Waals surface area contributed by atoms with Crippen molar-refractivity contribution >= 4 is 11.8 Å². The summed E-state index contributed by atoms with van der Waals surface area (Å²) in [5.41, 5.74) is -0.324. The van der Waals surface area contributed by atoms with Gasteiger partial charge in [0.1, 0.15) is 11.2 Å². The van der Waals surface area contributed by atoms with Crippen molar-refractivity contribution in [3.05, 3.63) is 11.8 Å². The zero-order valence-corrected chi connectivity index (χ0v) is 8.83. The number of H-pyrrole nitrogens is 1. The van der Waals surface area contributed by atoms with E-state index in [4.69, 9.17) is 5.11 Å². The molecule has 0 atom stereocenters. The molecular formula is C9H15N3O2. The molecular weight excluding hydrogens is 182 g/mol. The average molecular weight is 197 g/mol. The molecule has 0 unspecified atom stereocenters. The fraction of sp³-hybridized carbons (Fsp3) is 0.556. The van der Waals surface area contributed by atoms with E-state index in [1.807, 2.05) is 19.0 Å². The Hall–Kier alpha value is -1.52. The minimum atomic E-state index is -0.929. The normalized spacial score (nSPS) is 11.4. The summed E-state index contributed by atoms with van der Waals surface area (Å²) >= 11 is 0. The van der Waals surface area contributed by atoms with E-state index < -0.39 is 11.4 Å². The molecule has 5 heteroatoms. The highest BCUT2D eigenvalue weighted by molar-refractivity contribution is 5.79. The summed E-state index contributed by atoms with van der Waals surface area (Å²) in [5.74, 6) is -0.138. The molecule has 78 valence electrons. The van der Waals surface area contributed by atoms with Crippen molar-refractivity contribution in [1.29, 1.82) is 0 Å². The number of carbonyl (C=O) groups is 1. The summed E-state index contributed by atoms with van der Waals surface area (Å²) in [6, 6.07) is 1.74. The van der Waals surface area contributed by atoms with Crippen molar-refractivity contribution in [1.82, 2.24) is 10.2 Å². The first kappa shape index (κ1) is 10.6. The lowest BCUT2D eigenvalue weighted by Crippen LogP contribution is -2.28. The van der Waals surface area contributed by atoms with Crippen LogP contribution < -0.4 is 4.90 Å². The van der Waals surface area contributed by atoms with Crippen molar-refractivity contribution in [3.8, 4) is 0 Å². The van der Waals surface area contributed by atoms with Crippen molar-refractivity contribution in [2.75, 3.05) is 19.0 Å². The molecule has 0 aromatic carbocycles. The molecule has 14 heavy (non-hydrogen) atoms. The van der Waals surface area contributed by atoms with E-state index in [-0.39, 0.29) is 0 Å². The standard InChI is InChI=1S/C9H15N3O2/c1-9(2,8(13)14)6-5-7(11-10-6)12(3)4/h5H,1-4H3,(H,10,11)(H,13,14). The lowest BCUT2D eigenvalue weighted by molar-refractivity contribution is -0.142. The highest BCUT2D eigenvalue weighted by Gasteiger charge is 2.31. The molecule has 0 fully saturated rings. The Morgan fingerprint density at radius 1 is 1.57 bits per heavy atom. The Morgan fingerprint density at radius 2 is 2.14 bits per heavy atom. The summed E-state index contributed by atoms with van der Waals surface area (Å²) in [5, 5.41) is 15.7. The Morgan fingerprint density at radius 3 is 2.50 bits per heavy atom. The zero-order valence-electron chi connectivity index (χ0n) is 8.83. The summed E-state index contributed by atoms with van der Waals surface area (Å²) in [4.78, 5) is 12.8. The van der Waals surface area contributed by atoms with Gasteiger partial charge in [0.2, 0.25) is 0 Å². The molecule has 0 saturated heterocycles. The quantitative estimate of drug-likeness (QED) is 0.753. The van der Waals surface area contributed by atoms with Crippen LogP contribution in [0.5, 0.6) is 0 Å². The Balaban J connectivity index is 3.03. The van der Waals surface area contributed by atoms with Gasteiger partial charge in [-0.05, 0) is 13.8 Å². The van der Waals surface area contributed by atoms with Gasteiger partial charge in [-0.2, -0.15) is 5.10 Å². The van der Waals surface area contributed by atoms with Gasteiger partial charge in [0.05, 0.1) is 5.69 Å². The number of aliphatic carboxylic acids is 1. The van der Waals surface area contributed by atoms with Crippen LogP contribution >= 0.6 is 0 Å². The lowest BCUT2D eigenvalue weighted by Gasteiger charge is -2.16. The maximum Gasteiger partial charge on any atom is 0.315 e. The van der Waals surface area contributed by atoms with E-state index >= 15 is 0 Å². The molecule has 2 N–H and O–H groups in total. The molecule has 0 spiro atoms. The third kappa shape index (κ3) is 1.71. The van der Waals surface area contributed by atoms with Crippen LogP contribution in [0.4, 0.5) is 5.82 Å². The molecule has 0 bridgehead atoms. The molecule has 0 amide bonds. The number of rotatable bonds is 3. The van der Waals surface area contributed by atoms with E-state index in [9.17, 15) is 4.79 Å². The summed E-state index contributed by atoms with van der Waals surface area (Å²) in [7, 11) is 3.71. The first-order valence-corrected chi connectivity index (χ1v) is 4.32. The van der Waals surface area contributed by atoms with Crippen molar-refractivity contribution in [2.24, 2.45) is 0 Å². The van der Waals surface area contributed by atoms with Crippen molar-refractivity contribution < 1.29 is 9.90 Å². The molecule has 0 saturated carbocycles. The molecule has 5 nitrogen and oxygen atoms in total. The van der Waals surface area contributed by atoms with E-state index in [1.54, 1.807) is 19.9 Å². The number of hydrogen-bond donors (Lipinski definition) is 2. The molecule has 0 aliphatic heterocycles. The number of nitrogens with one attached hydrogen (secondary N) is 1. The smallest absolute Gasteiger partial charge is 0.315 e. The lowest BCUT2D eigenvalue weighted by atomic mass is 9.90. The highest BCUT2D eigenvalue weighted by Crippen LogP contribution is 2.23. The van der Waals surface area contributed by atoms with Gasteiger partial charge >= 0.3 is 5.97 Å². The first-order chi connectivity index (χ1) is 6.35. The fourth-order valence-corrected chi connectivity index (χ4v) is 0.976. The Labute approximate surface area is 82.7 Å². The average Bonchev–Trinajstić information content (AvgIpc) is 2.51. The van der Waals surface area contributed by atoms with Crippen LogP contribution in [0, 0.1) is 0 Å². The number of hydrogen-bond acceptors (Lipinski definition) is 3. The second-order valence-corrected chi connectivity index (χ2v) is 3.96. The van der Waals surface area contributed by atoms with Gasteiger partial charge in [-0.15, -0.1) is 0 Å². The number of aromatic nitrogens is 2. The van der Waals surface area contributed by atoms with E-state index in [2.05, 4.69) is 10.2 Å². The van der Waals surface area contributed by atoms with Crippen LogP contribution in [0.25, 0.3) is 0 Å². The monoisotopic (exact) mass is 197 g/mol. The predicted octanol–water partition coefficient (Wildman–Crippen LogP) is 0.838. The van der Waals surface area contributed by atoms with E-state index in [1.165, 1.54) is 0 Å². The second-order valence-electron chi connectivity index (χ2n) is 3.96. The zero-order chi connectivity index (χ0) is 10.9. The largest absolute Gasteiger partial charge is 0.481 e. The molecule has 0 aliphatic rings. The first-order valence-electron chi connectivity index (χ1n) is 4.32. The predicted molar refractivity (Wildman–Crippen MR) is 53.6 cm³/mol. The van der Waals surface area contributed by atoms with Crippen LogP contribution in [0.1, 0.15) is 19.5 Å². The van der Waals surface area contributed by atoms with E-state index in [0.717, 1.165) is 5.82 Å². The number of carboxylic acid groups (broad SMARTS) is 1. The summed E-state index contributed by atoms with van der Waals surface area (Å²) in [6.45, 7) is 3.28. The minimum absolute atomic E-state index is 0.605. The van der Waals surface area contributed by atoms with Crippen LogP contribution in [0.2, 0.25) is 0 Å². The Bertz CT molecular complexity index is 342. The Kier molecular flexibility index (Phi) is 2.51. The number of carboxylic acids is 1. The molecule has 0 aliphatic carbocycles. The minimum Gasteiger partial charge on any atom is -0.481 e. The SMILES string of the molecule is CN(C)c1cc(C(C)(C)C(=O)O)[nH]n1. The third-order valence-electron chi connectivity index (χ3n) is 2.23. The number of aromatic amines is 1. The van der Waals surface area contributed by atoms with Crippen LogP contribution in [-0.4, -0.2) is 35.4 Å². The molecule has 0 radical (unpaired) electrons. The van der Waals surface area contributed by atoms with Gasteiger partial charge in [-0.25, -0.2) is 0 Å². The van der Waals surface area contributed by atoms with Gasteiger partial charge in [0, 0.05) is 20.2 Å². The maximum absolute atomic E-state index is 10.9. The van der Waals surface area contributed by atoms with Crippen LogP contribution in [0.3, 0.4) is 0 Å². The van der Waals surface area contributed by atoms with Crippen LogP contribution in [0.15, 0.2) is 6.07 Å². The fourth-order valence-electron chi connectivity index (χ4n) is 0.976. The number of nitrogens with zero attached hydrogens (tertiary/aromatic N) is 2. The van der Waals surface area contributed by atoms with E-state index in [0.29, 0.717) is 5.69 Å². The maximum atomic E-state index is 10.9. The topological polar surface area (TPSA) is 69.2 Å². The van der Waals surface area contributed by atoms with Crippen molar-refractivity contribution in [2.45, 2.75) is 19.3 Å². The molecule has 1 heterocycles. The highest BCUT2D eigenvalue weighted by atomic mass is 16.4. The third-order valence-corrected chi connectivity index (χ3v) is 2.23. The van der Waals surface area contributed by atoms with Gasteiger partial charge < -0.3 is 10.0 Å². The number of anilines is 1. The van der Waals surface area contributed by atoms with Gasteiger partial charge in [0.25, 0.3) is 0 Å². The second kappa shape index (κ2) is 3.32. The van der Waals surface area contributed by atoms with Crippen molar-refractivity contribution in [3.63, 3.8) is 0 Å². The summed E-state index contributed by atoms with van der Waals surface area (Å²) in [6.07, 6.45) is 0. The molecule has 1 aromatic rings. The van der Waals surface area contributed by atoms with Gasteiger partial charge in [-0.3, -0.25) is 9.89 Å². The van der Waals surface area contributed by atoms with Crippen LogP contribution in [-0.2, 0) is 10.2 Å².